The summed E-state index contributed by atoms with van der Waals surface area (Å²) >= 11 is 12.6. The second-order valence-corrected chi connectivity index (χ2v) is 5.55. The molecule has 108 valence electrons. The van der Waals surface area contributed by atoms with E-state index in [9.17, 15) is 0 Å². The van der Waals surface area contributed by atoms with Gasteiger partial charge in [0.15, 0.2) is 5.76 Å². The van der Waals surface area contributed by atoms with Crippen LogP contribution in [-0.2, 0) is 7.05 Å². The minimum atomic E-state index is 0.481. The Morgan fingerprint density at radius 1 is 1.10 bits per heavy atom. The Hall–Kier alpha value is -1.91. The Bertz CT molecular complexity index is 800. The summed E-state index contributed by atoms with van der Waals surface area (Å²) in [5.74, 6) is 1.91. The number of aromatic nitrogens is 2. The molecular weight excluding hydrogens is 309 g/mol. The first-order chi connectivity index (χ1) is 9.99. The summed E-state index contributed by atoms with van der Waals surface area (Å²) in [5, 5.41) is 5.47. The molecule has 0 saturated heterocycles. The Kier molecular flexibility index (Phi) is 3.43. The molecule has 0 bridgehead atoms. The van der Waals surface area contributed by atoms with Crippen LogP contribution in [0.2, 0.25) is 10.0 Å². The number of nitrogens with zero attached hydrogens (tertiary/aromatic N) is 2. The van der Waals surface area contributed by atoms with Crippen LogP contribution in [0.15, 0.2) is 34.7 Å². The van der Waals surface area contributed by atoms with E-state index in [2.05, 4.69) is 5.10 Å². The molecule has 2 heterocycles. The van der Waals surface area contributed by atoms with Crippen LogP contribution in [0.25, 0.3) is 22.6 Å². The van der Waals surface area contributed by atoms with Gasteiger partial charge in [-0.05, 0) is 31.2 Å². The lowest BCUT2D eigenvalue weighted by atomic mass is 10.0. The van der Waals surface area contributed by atoms with E-state index >= 15 is 0 Å². The molecule has 3 aromatic rings. The van der Waals surface area contributed by atoms with Gasteiger partial charge >= 0.3 is 0 Å². The van der Waals surface area contributed by atoms with Crippen LogP contribution < -0.4 is 5.73 Å². The molecule has 0 unspecified atom stereocenters. The molecule has 0 aliphatic carbocycles. The molecule has 6 heteroatoms. The van der Waals surface area contributed by atoms with Crippen molar-refractivity contribution < 1.29 is 4.42 Å². The molecule has 0 saturated carbocycles. The van der Waals surface area contributed by atoms with Gasteiger partial charge in [-0.3, -0.25) is 4.68 Å². The number of nitrogen functional groups attached to an aromatic ring is 1. The normalized spacial score (nSPS) is 11.0. The molecule has 21 heavy (non-hydrogen) atoms. The van der Waals surface area contributed by atoms with E-state index in [4.69, 9.17) is 33.4 Å². The van der Waals surface area contributed by atoms with E-state index in [1.54, 1.807) is 29.9 Å². The largest absolute Gasteiger partial charge is 0.460 e. The lowest BCUT2D eigenvalue weighted by molar-refractivity contribution is 0.545. The number of rotatable bonds is 2. The third kappa shape index (κ3) is 2.30. The van der Waals surface area contributed by atoms with Gasteiger partial charge in [0, 0.05) is 12.6 Å². The Balaban J connectivity index is 2.32. The molecule has 0 fully saturated rings. The molecule has 0 amide bonds. The minimum absolute atomic E-state index is 0.481. The average molecular weight is 322 g/mol. The van der Waals surface area contributed by atoms with Crippen molar-refractivity contribution in [3.05, 3.63) is 46.1 Å². The molecule has 3 rings (SSSR count). The summed E-state index contributed by atoms with van der Waals surface area (Å²) in [6.07, 6.45) is 0. The zero-order valence-electron chi connectivity index (χ0n) is 11.5. The second-order valence-electron chi connectivity index (χ2n) is 4.74. The quantitative estimate of drug-likeness (QED) is 0.753. The summed E-state index contributed by atoms with van der Waals surface area (Å²) in [5.41, 5.74) is 8.13. The molecule has 0 aliphatic heterocycles. The van der Waals surface area contributed by atoms with Crippen molar-refractivity contribution in [2.75, 3.05) is 5.73 Å². The second kappa shape index (κ2) is 5.13. The van der Waals surface area contributed by atoms with E-state index in [1.165, 1.54) is 0 Å². The van der Waals surface area contributed by atoms with Crippen molar-refractivity contribution in [1.29, 1.82) is 0 Å². The van der Waals surface area contributed by atoms with E-state index in [-0.39, 0.29) is 0 Å². The lowest BCUT2D eigenvalue weighted by Crippen LogP contribution is -1.98. The van der Waals surface area contributed by atoms with Crippen LogP contribution in [0.4, 0.5) is 5.82 Å². The number of anilines is 1. The number of hydrogen-bond acceptors (Lipinski definition) is 3. The number of benzene rings is 1. The Morgan fingerprint density at radius 3 is 2.33 bits per heavy atom. The molecule has 0 radical (unpaired) electrons. The number of furan rings is 1. The number of hydrogen-bond donors (Lipinski definition) is 1. The number of halogens is 2. The van der Waals surface area contributed by atoms with Gasteiger partial charge in [-0.1, -0.05) is 29.3 Å². The van der Waals surface area contributed by atoms with E-state index in [0.717, 1.165) is 5.76 Å². The SMILES string of the molecule is Cc1ccc(-c2nn(C)c(N)c2-c2c(Cl)cccc2Cl)o1. The average Bonchev–Trinajstić information content (AvgIpc) is 2.97. The van der Waals surface area contributed by atoms with Crippen LogP contribution >= 0.6 is 23.2 Å². The predicted molar refractivity (Wildman–Crippen MR) is 85.5 cm³/mol. The van der Waals surface area contributed by atoms with Crippen LogP contribution in [0.5, 0.6) is 0 Å². The molecule has 2 aromatic heterocycles. The van der Waals surface area contributed by atoms with Gasteiger partial charge in [0.05, 0.1) is 15.6 Å². The van der Waals surface area contributed by atoms with Crippen LogP contribution in [0, 0.1) is 6.92 Å². The maximum atomic E-state index is 6.30. The topological polar surface area (TPSA) is 57.0 Å². The van der Waals surface area contributed by atoms with Gasteiger partial charge in [0.1, 0.15) is 17.3 Å². The van der Waals surface area contributed by atoms with Gasteiger partial charge in [0.25, 0.3) is 0 Å². The molecule has 4 nitrogen and oxygen atoms in total. The highest BCUT2D eigenvalue weighted by Crippen LogP contribution is 2.43. The fourth-order valence-corrected chi connectivity index (χ4v) is 2.84. The molecule has 0 aliphatic rings. The highest BCUT2D eigenvalue weighted by Gasteiger charge is 2.23. The minimum Gasteiger partial charge on any atom is -0.460 e. The lowest BCUT2D eigenvalue weighted by Gasteiger charge is -2.07. The third-order valence-corrected chi connectivity index (χ3v) is 3.91. The summed E-state index contributed by atoms with van der Waals surface area (Å²) < 4.78 is 7.25. The highest BCUT2D eigenvalue weighted by atomic mass is 35.5. The van der Waals surface area contributed by atoms with Crippen LogP contribution in [0.1, 0.15) is 5.76 Å². The predicted octanol–water partition coefficient (Wildman–Crippen LogP) is 4.54. The molecule has 1 aromatic carbocycles. The fourth-order valence-electron chi connectivity index (χ4n) is 2.25. The van der Waals surface area contributed by atoms with Gasteiger partial charge in [-0.25, -0.2) is 0 Å². The number of aryl methyl sites for hydroxylation is 2. The highest BCUT2D eigenvalue weighted by molar-refractivity contribution is 6.39. The van der Waals surface area contributed by atoms with Crippen molar-refractivity contribution in [2.24, 2.45) is 7.05 Å². The Labute approximate surface area is 132 Å². The van der Waals surface area contributed by atoms with Crippen molar-refractivity contribution in [3.63, 3.8) is 0 Å². The fraction of sp³-hybridized carbons (Fsp3) is 0.133. The summed E-state index contributed by atoms with van der Waals surface area (Å²) in [7, 11) is 1.77. The Morgan fingerprint density at radius 2 is 1.76 bits per heavy atom. The van der Waals surface area contributed by atoms with E-state index < -0.39 is 0 Å². The standard InChI is InChI=1S/C15H13Cl2N3O/c1-8-6-7-11(21-8)14-13(15(18)20(2)19-14)12-9(16)4-3-5-10(12)17/h3-7H,18H2,1-2H3. The molecule has 0 atom stereocenters. The first-order valence-corrected chi connectivity index (χ1v) is 7.08. The van der Waals surface area contributed by atoms with Gasteiger partial charge in [-0.2, -0.15) is 5.10 Å². The van der Waals surface area contributed by atoms with Gasteiger partial charge in [0.2, 0.25) is 0 Å². The van der Waals surface area contributed by atoms with Crippen LogP contribution in [0.3, 0.4) is 0 Å². The summed E-state index contributed by atoms with van der Waals surface area (Å²) in [6.45, 7) is 1.87. The van der Waals surface area contributed by atoms with Gasteiger partial charge < -0.3 is 10.2 Å². The smallest absolute Gasteiger partial charge is 0.155 e. The van der Waals surface area contributed by atoms with E-state index in [1.807, 2.05) is 19.1 Å². The van der Waals surface area contributed by atoms with Crippen molar-refractivity contribution in [3.8, 4) is 22.6 Å². The van der Waals surface area contributed by atoms with E-state index in [0.29, 0.717) is 38.4 Å². The zero-order chi connectivity index (χ0) is 15.1. The first-order valence-electron chi connectivity index (χ1n) is 6.32. The molecular formula is C15H13Cl2N3O. The van der Waals surface area contributed by atoms with Crippen molar-refractivity contribution in [2.45, 2.75) is 6.92 Å². The maximum Gasteiger partial charge on any atom is 0.155 e. The van der Waals surface area contributed by atoms with Crippen molar-refractivity contribution in [1.82, 2.24) is 9.78 Å². The van der Waals surface area contributed by atoms with Crippen LogP contribution in [-0.4, -0.2) is 9.78 Å². The molecule has 2 N–H and O–H groups in total. The van der Waals surface area contributed by atoms with Crippen molar-refractivity contribution >= 4 is 29.0 Å². The third-order valence-electron chi connectivity index (χ3n) is 3.28. The summed E-state index contributed by atoms with van der Waals surface area (Å²) in [4.78, 5) is 0. The zero-order valence-corrected chi connectivity index (χ0v) is 13.0. The molecule has 0 spiro atoms. The summed E-state index contributed by atoms with van der Waals surface area (Å²) in [6, 6.07) is 9.06. The monoisotopic (exact) mass is 321 g/mol. The maximum absolute atomic E-state index is 6.30. The number of nitrogens with two attached hydrogens (primary N) is 1. The van der Waals surface area contributed by atoms with Gasteiger partial charge in [-0.15, -0.1) is 0 Å². The first kappa shape index (κ1) is 14.0.